The number of hydrogen-bond acceptors (Lipinski definition) is 9. The van der Waals surface area contributed by atoms with Crippen LogP contribution in [-0.4, -0.2) is 68.7 Å². The summed E-state index contributed by atoms with van der Waals surface area (Å²) in [4.78, 5) is 26.1. The minimum atomic E-state index is -0.328. The summed E-state index contributed by atoms with van der Waals surface area (Å²) in [5.74, 6) is 1.58. The average Bonchev–Trinajstić information content (AvgIpc) is 3.30. The zero-order valence-electron chi connectivity index (χ0n) is 28.5. The van der Waals surface area contributed by atoms with Crippen molar-refractivity contribution >= 4 is 34.5 Å². The first kappa shape index (κ1) is 35.0. The molecular weight excluding hydrogens is 590 g/mol. The van der Waals surface area contributed by atoms with Gasteiger partial charge in [0.25, 0.3) is 0 Å². The third kappa shape index (κ3) is 8.69. The van der Waals surface area contributed by atoms with Crippen LogP contribution in [0, 0.1) is 17.2 Å². The van der Waals surface area contributed by atoms with Gasteiger partial charge >= 0.3 is 0 Å². The van der Waals surface area contributed by atoms with Crippen LogP contribution in [0.25, 0.3) is 5.57 Å². The van der Waals surface area contributed by atoms with Crippen LogP contribution in [0.5, 0.6) is 11.5 Å². The lowest BCUT2D eigenvalue weighted by molar-refractivity contribution is -0.111. The maximum absolute atomic E-state index is 12.4. The zero-order valence-corrected chi connectivity index (χ0v) is 28.5. The van der Waals surface area contributed by atoms with E-state index in [0.29, 0.717) is 40.4 Å². The SMILES string of the molecule is C=CC(=O)Nc1cc(Nc2ncc(OCC#N)c(C(=CC)c3cccc4c3CC(CC)CCC4)n2)c(OC)cc1N(C)CCN(C)C. The van der Waals surface area contributed by atoms with Crippen LogP contribution in [0.15, 0.2) is 55.3 Å². The molecular formula is C37H47N7O3. The van der Waals surface area contributed by atoms with Gasteiger partial charge in [0.1, 0.15) is 17.5 Å². The second-order valence-corrected chi connectivity index (χ2v) is 12.0. The fraction of sp³-hybridized carbons (Fsp3) is 0.405. The molecule has 0 radical (unpaired) electrons. The average molecular weight is 638 g/mol. The Bertz CT molecular complexity index is 1640. The first-order valence-corrected chi connectivity index (χ1v) is 16.2. The molecule has 0 fully saturated rings. The van der Waals surface area contributed by atoms with Gasteiger partial charge in [0.2, 0.25) is 11.9 Å². The van der Waals surface area contributed by atoms with Crippen molar-refractivity contribution in [3.8, 4) is 17.6 Å². The quantitative estimate of drug-likeness (QED) is 0.149. The Morgan fingerprint density at radius 3 is 2.68 bits per heavy atom. The number of fused-ring (bicyclic) bond motifs is 1. The van der Waals surface area contributed by atoms with E-state index in [1.54, 1.807) is 13.3 Å². The third-order valence-corrected chi connectivity index (χ3v) is 8.58. The number of benzene rings is 2. The van der Waals surface area contributed by atoms with E-state index in [0.717, 1.165) is 49.2 Å². The van der Waals surface area contributed by atoms with Gasteiger partial charge in [-0.25, -0.2) is 9.97 Å². The molecule has 248 valence electrons. The summed E-state index contributed by atoms with van der Waals surface area (Å²) >= 11 is 0. The van der Waals surface area contributed by atoms with Crippen molar-refractivity contribution in [3.05, 3.63) is 77.6 Å². The molecule has 1 aliphatic rings. The predicted octanol–water partition coefficient (Wildman–Crippen LogP) is 6.61. The summed E-state index contributed by atoms with van der Waals surface area (Å²) in [6, 6.07) is 12.2. The van der Waals surface area contributed by atoms with Crippen molar-refractivity contribution in [1.82, 2.24) is 14.9 Å². The van der Waals surface area contributed by atoms with E-state index in [-0.39, 0.29) is 12.5 Å². The topological polar surface area (TPSA) is 116 Å². The molecule has 0 saturated heterocycles. The summed E-state index contributed by atoms with van der Waals surface area (Å²) in [7, 11) is 7.60. The number of carbonyl (C=O) groups excluding carboxylic acids is 1. The number of rotatable bonds is 14. The highest BCUT2D eigenvalue weighted by Gasteiger charge is 2.23. The molecule has 1 aliphatic carbocycles. The summed E-state index contributed by atoms with van der Waals surface area (Å²) in [5.41, 5.74) is 7.29. The number of nitrogens with one attached hydrogen (secondary N) is 2. The first-order chi connectivity index (χ1) is 22.7. The Kier molecular flexibility index (Phi) is 12.4. The Morgan fingerprint density at radius 2 is 2.00 bits per heavy atom. The van der Waals surface area contributed by atoms with Gasteiger partial charge in [-0.05, 0) is 81.5 Å². The molecule has 3 aromatic rings. The molecule has 1 aromatic heterocycles. The van der Waals surface area contributed by atoms with E-state index < -0.39 is 0 Å². The number of allylic oxidation sites excluding steroid dienone is 1. The molecule has 4 rings (SSSR count). The lowest BCUT2D eigenvalue weighted by atomic mass is 9.87. The summed E-state index contributed by atoms with van der Waals surface area (Å²) in [6.07, 6.45) is 10.5. The second-order valence-electron chi connectivity index (χ2n) is 12.0. The van der Waals surface area contributed by atoms with Gasteiger partial charge in [-0.15, -0.1) is 0 Å². The molecule has 1 unspecified atom stereocenters. The molecule has 0 saturated carbocycles. The van der Waals surface area contributed by atoms with Crippen molar-refractivity contribution in [3.63, 3.8) is 0 Å². The number of nitrogens with zero attached hydrogens (tertiary/aromatic N) is 5. The van der Waals surface area contributed by atoms with Gasteiger partial charge in [-0.3, -0.25) is 4.79 Å². The van der Waals surface area contributed by atoms with Crippen molar-refractivity contribution < 1.29 is 14.3 Å². The first-order valence-electron chi connectivity index (χ1n) is 16.2. The third-order valence-electron chi connectivity index (χ3n) is 8.58. The smallest absolute Gasteiger partial charge is 0.247 e. The molecule has 0 aliphatic heterocycles. The molecule has 10 nitrogen and oxygen atoms in total. The van der Waals surface area contributed by atoms with Crippen molar-refractivity contribution in [2.75, 3.05) is 63.5 Å². The Balaban J connectivity index is 1.79. The van der Waals surface area contributed by atoms with Gasteiger partial charge in [0.15, 0.2) is 12.4 Å². The number of anilines is 4. The monoisotopic (exact) mass is 637 g/mol. The summed E-state index contributed by atoms with van der Waals surface area (Å²) < 4.78 is 11.7. The number of likely N-dealkylation sites (N-methyl/N-ethyl adjacent to an activating group) is 2. The Morgan fingerprint density at radius 1 is 1.19 bits per heavy atom. The molecule has 0 bridgehead atoms. The highest BCUT2D eigenvalue weighted by Crippen LogP contribution is 2.40. The maximum Gasteiger partial charge on any atom is 0.247 e. The highest BCUT2D eigenvalue weighted by molar-refractivity contribution is 6.02. The van der Waals surface area contributed by atoms with E-state index in [2.05, 4.69) is 69.3 Å². The summed E-state index contributed by atoms with van der Waals surface area (Å²) in [5, 5.41) is 15.6. The van der Waals surface area contributed by atoms with Crippen molar-refractivity contribution in [2.24, 2.45) is 5.92 Å². The second kappa shape index (κ2) is 16.6. The van der Waals surface area contributed by atoms with Crippen LogP contribution < -0.4 is 25.0 Å². The van der Waals surface area contributed by atoms with Crippen molar-refractivity contribution in [1.29, 1.82) is 5.26 Å². The van der Waals surface area contributed by atoms with E-state index in [1.807, 2.05) is 40.2 Å². The number of aryl methyl sites for hydroxylation is 1. The van der Waals surface area contributed by atoms with Crippen LogP contribution in [0.1, 0.15) is 55.5 Å². The lowest BCUT2D eigenvalue weighted by Gasteiger charge is -2.26. The molecule has 1 atom stereocenters. The zero-order chi connectivity index (χ0) is 33.9. The van der Waals surface area contributed by atoms with Crippen LogP contribution in [0.2, 0.25) is 0 Å². The minimum Gasteiger partial charge on any atom is -0.494 e. The highest BCUT2D eigenvalue weighted by atomic mass is 16.5. The molecule has 1 heterocycles. The van der Waals surface area contributed by atoms with E-state index in [9.17, 15) is 10.1 Å². The van der Waals surface area contributed by atoms with Gasteiger partial charge in [0.05, 0.1) is 30.4 Å². The Labute approximate surface area is 279 Å². The fourth-order valence-electron chi connectivity index (χ4n) is 5.97. The number of carbonyl (C=O) groups is 1. The fourth-order valence-corrected chi connectivity index (χ4v) is 5.97. The van der Waals surface area contributed by atoms with E-state index in [4.69, 9.17) is 14.5 Å². The molecule has 47 heavy (non-hydrogen) atoms. The Hall–Kier alpha value is -4.88. The predicted molar refractivity (Wildman–Crippen MR) is 190 cm³/mol. The summed E-state index contributed by atoms with van der Waals surface area (Å²) in [6.45, 7) is 9.29. The normalized spacial score (nSPS) is 14.4. The van der Waals surface area contributed by atoms with E-state index >= 15 is 0 Å². The number of methoxy groups -OCH3 is 1. The number of ether oxygens (including phenoxy) is 2. The molecule has 2 N–H and O–H groups in total. The number of aromatic nitrogens is 2. The molecule has 10 heteroatoms. The van der Waals surface area contributed by atoms with Gasteiger partial charge in [-0.1, -0.05) is 44.2 Å². The largest absolute Gasteiger partial charge is 0.494 e. The molecule has 2 aromatic carbocycles. The van der Waals surface area contributed by atoms with Gasteiger partial charge in [0, 0.05) is 31.8 Å². The van der Waals surface area contributed by atoms with Gasteiger partial charge < -0.3 is 29.9 Å². The van der Waals surface area contributed by atoms with Crippen molar-refractivity contribution in [2.45, 2.75) is 46.0 Å². The van der Waals surface area contributed by atoms with Crippen LogP contribution in [0.4, 0.5) is 23.0 Å². The number of hydrogen-bond donors (Lipinski definition) is 2. The molecule has 0 spiro atoms. The van der Waals surface area contributed by atoms with Crippen LogP contribution >= 0.6 is 0 Å². The van der Waals surface area contributed by atoms with Crippen LogP contribution in [-0.2, 0) is 17.6 Å². The number of amides is 1. The lowest BCUT2D eigenvalue weighted by Crippen LogP contribution is -2.29. The van der Waals surface area contributed by atoms with Crippen LogP contribution in [0.3, 0.4) is 0 Å². The minimum absolute atomic E-state index is 0.131. The standard InChI is InChI=1S/C37H47N7O3/c1-8-25-13-11-14-26-15-12-16-28(29(26)21-25)27(9-2)36-34(47-20-17-38)24-39-37(42-36)41-31-22-30(40-35(45)10-3)32(23-33(31)46-7)44(6)19-18-43(4)5/h9-10,12,15-16,22-25H,3,8,11,13-14,18-21H2,1-2,4-7H3,(H,40,45)(H,39,41,42). The molecule has 1 amide bonds. The van der Waals surface area contributed by atoms with E-state index in [1.165, 1.54) is 30.0 Å². The van der Waals surface area contributed by atoms with Gasteiger partial charge in [-0.2, -0.15) is 5.26 Å². The maximum atomic E-state index is 12.4. The number of nitriles is 1.